The molecule has 0 bridgehead atoms. The van der Waals surface area contributed by atoms with Gasteiger partial charge in [0.25, 0.3) is 0 Å². The normalized spacial score (nSPS) is 25.4. The van der Waals surface area contributed by atoms with E-state index in [-0.39, 0.29) is 18.6 Å². The molecule has 114 valence electrons. The van der Waals surface area contributed by atoms with Gasteiger partial charge in [-0.15, -0.1) is 0 Å². The highest BCUT2D eigenvalue weighted by Gasteiger charge is 2.30. The van der Waals surface area contributed by atoms with E-state index >= 15 is 0 Å². The number of carbonyl (C=O) groups is 1. The first-order chi connectivity index (χ1) is 10.1. The number of ether oxygens (including phenoxy) is 1. The molecule has 0 aliphatic carbocycles. The van der Waals surface area contributed by atoms with Crippen LogP contribution in [0.1, 0.15) is 36.8 Å². The summed E-state index contributed by atoms with van der Waals surface area (Å²) >= 11 is 0. The zero-order valence-corrected chi connectivity index (χ0v) is 12.5. The van der Waals surface area contributed by atoms with Crippen LogP contribution in [-0.2, 0) is 11.2 Å². The molecule has 0 spiro atoms. The number of piperidine rings is 1. The van der Waals surface area contributed by atoms with E-state index in [0.29, 0.717) is 0 Å². The summed E-state index contributed by atoms with van der Waals surface area (Å²) in [6, 6.07) is 6.50. The van der Waals surface area contributed by atoms with Crippen molar-refractivity contribution in [2.75, 3.05) is 13.1 Å². The molecular formula is C17H23NO3. The summed E-state index contributed by atoms with van der Waals surface area (Å²) in [5.41, 5.74) is 2.55. The van der Waals surface area contributed by atoms with Gasteiger partial charge in [0.1, 0.15) is 11.9 Å². The van der Waals surface area contributed by atoms with E-state index in [1.165, 1.54) is 11.1 Å². The Morgan fingerprint density at radius 3 is 3.10 bits per heavy atom. The molecule has 2 aliphatic rings. The number of hydrogen-bond acceptors (Lipinski definition) is 3. The van der Waals surface area contributed by atoms with Crippen molar-refractivity contribution >= 4 is 5.97 Å². The van der Waals surface area contributed by atoms with E-state index in [4.69, 9.17) is 9.84 Å². The van der Waals surface area contributed by atoms with Crippen molar-refractivity contribution in [3.8, 4) is 5.75 Å². The van der Waals surface area contributed by atoms with Gasteiger partial charge in [0.2, 0.25) is 0 Å². The maximum absolute atomic E-state index is 11.0. The van der Waals surface area contributed by atoms with Crippen LogP contribution in [0.3, 0.4) is 0 Å². The van der Waals surface area contributed by atoms with Crippen molar-refractivity contribution in [2.45, 2.75) is 51.2 Å². The lowest BCUT2D eigenvalue weighted by Gasteiger charge is -2.36. The third-order valence-corrected chi connectivity index (χ3v) is 4.55. The molecule has 0 radical (unpaired) electrons. The lowest BCUT2D eigenvalue weighted by Crippen LogP contribution is -2.45. The minimum atomic E-state index is -0.696. The third kappa shape index (κ3) is 3.38. The molecule has 4 nitrogen and oxygen atoms in total. The predicted octanol–water partition coefficient (Wildman–Crippen LogP) is 2.63. The van der Waals surface area contributed by atoms with Crippen molar-refractivity contribution in [1.82, 2.24) is 4.90 Å². The highest BCUT2D eigenvalue weighted by atomic mass is 16.5. The monoisotopic (exact) mass is 289 g/mol. The minimum Gasteiger partial charge on any atom is -0.488 e. The van der Waals surface area contributed by atoms with Gasteiger partial charge < -0.3 is 9.84 Å². The van der Waals surface area contributed by atoms with E-state index in [9.17, 15) is 4.79 Å². The zero-order chi connectivity index (χ0) is 14.8. The SMILES string of the molecule is Cc1ccc2c(c1)CC(CN1CCCCC1CC(=O)O)O2. The Hall–Kier alpha value is -1.55. The Bertz CT molecular complexity index is 529. The number of fused-ring (bicyclic) bond motifs is 1. The van der Waals surface area contributed by atoms with Crippen LogP contribution in [0.2, 0.25) is 0 Å². The number of aryl methyl sites for hydroxylation is 1. The fraction of sp³-hybridized carbons (Fsp3) is 0.588. The first kappa shape index (κ1) is 14.4. The summed E-state index contributed by atoms with van der Waals surface area (Å²) in [6.45, 7) is 3.93. The summed E-state index contributed by atoms with van der Waals surface area (Å²) in [5, 5.41) is 9.06. The maximum Gasteiger partial charge on any atom is 0.304 e. The zero-order valence-electron chi connectivity index (χ0n) is 12.5. The van der Waals surface area contributed by atoms with Crippen molar-refractivity contribution in [1.29, 1.82) is 0 Å². The molecule has 2 heterocycles. The largest absolute Gasteiger partial charge is 0.488 e. The van der Waals surface area contributed by atoms with Crippen LogP contribution < -0.4 is 4.74 Å². The molecule has 3 rings (SSSR count). The van der Waals surface area contributed by atoms with Gasteiger partial charge in [-0.3, -0.25) is 9.69 Å². The summed E-state index contributed by atoms with van der Waals surface area (Å²) in [5.74, 6) is 0.301. The molecule has 2 atom stereocenters. The Labute approximate surface area is 125 Å². The fourth-order valence-corrected chi connectivity index (χ4v) is 3.55. The number of hydrogen-bond donors (Lipinski definition) is 1. The fourth-order valence-electron chi connectivity index (χ4n) is 3.55. The van der Waals surface area contributed by atoms with Crippen molar-refractivity contribution in [3.63, 3.8) is 0 Å². The molecule has 1 N–H and O–H groups in total. The Morgan fingerprint density at radius 2 is 2.29 bits per heavy atom. The Kier molecular flexibility index (Phi) is 4.15. The van der Waals surface area contributed by atoms with Gasteiger partial charge in [-0.1, -0.05) is 24.1 Å². The van der Waals surface area contributed by atoms with Crippen molar-refractivity contribution in [2.24, 2.45) is 0 Å². The topological polar surface area (TPSA) is 49.8 Å². The van der Waals surface area contributed by atoms with Gasteiger partial charge in [0.15, 0.2) is 0 Å². The van der Waals surface area contributed by atoms with Gasteiger partial charge >= 0.3 is 5.97 Å². The summed E-state index contributed by atoms with van der Waals surface area (Å²) in [6.07, 6.45) is 4.64. The second-order valence-electron chi connectivity index (χ2n) is 6.30. The summed E-state index contributed by atoms with van der Waals surface area (Å²) in [4.78, 5) is 13.3. The van der Waals surface area contributed by atoms with Crippen molar-refractivity contribution in [3.05, 3.63) is 29.3 Å². The summed E-state index contributed by atoms with van der Waals surface area (Å²) in [7, 11) is 0. The second-order valence-corrected chi connectivity index (χ2v) is 6.30. The number of aliphatic carboxylic acids is 1. The average molecular weight is 289 g/mol. The van der Waals surface area contributed by atoms with Crippen LogP contribution in [0.4, 0.5) is 0 Å². The Balaban J connectivity index is 1.62. The van der Waals surface area contributed by atoms with E-state index in [0.717, 1.165) is 44.5 Å². The van der Waals surface area contributed by atoms with Gasteiger partial charge in [-0.05, 0) is 37.9 Å². The highest BCUT2D eigenvalue weighted by molar-refractivity contribution is 5.67. The average Bonchev–Trinajstić information content (AvgIpc) is 2.82. The van der Waals surface area contributed by atoms with E-state index < -0.39 is 5.97 Å². The molecule has 21 heavy (non-hydrogen) atoms. The van der Waals surface area contributed by atoms with Gasteiger partial charge in [0, 0.05) is 19.0 Å². The van der Waals surface area contributed by atoms with Crippen LogP contribution in [0.5, 0.6) is 5.75 Å². The lowest BCUT2D eigenvalue weighted by atomic mass is 9.98. The number of benzene rings is 1. The number of likely N-dealkylation sites (tertiary alicyclic amines) is 1. The maximum atomic E-state index is 11.0. The molecule has 1 fully saturated rings. The number of nitrogens with zero attached hydrogens (tertiary/aromatic N) is 1. The molecule has 2 unspecified atom stereocenters. The molecule has 4 heteroatoms. The molecule has 1 aromatic carbocycles. The Morgan fingerprint density at radius 1 is 1.43 bits per heavy atom. The lowest BCUT2D eigenvalue weighted by molar-refractivity contribution is -0.138. The second kappa shape index (κ2) is 6.06. The molecule has 0 amide bonds. The molecule has 1 aromatic rings. The first-order valence-corrected chi connectivity index (χ1v) is 7.84. The highest BCUT2D eigenvalue weighted by Crippen LogP contribution is 2.31. The van der Waals surface area contributed by atoms with Gasteiger partial charge in [-0.25, -0.2) is 0 Å². The molecular weight excluding hydrogens is 266 g/mol. The van der Waals surface area contributed by atoms with E-state index in [1.807, 2.05) is 0 Å². The number of carboxylic acid groups (broad SMARTS) is 1. The summed E-state index contributed by atoms with van der Waals surface area (Å²) < 4.78 is 6.03. The molecule has 0 aromatic heterocycles. The van der Waals surface area contributed by atoms with E-state index in [1.54, 1.807) is 0 Å². The van der Waals surface area contributed by atoms with Gasteiger partial charge in [-0.2, -0.15) is 0 Å². The van der Waals surface area contributed by atoms with Crippen molar-refractivity contribution < 1.29 is 14.6 Å². The van der Waals surface area contributed by atoms with E-state index in [2.05, 4.69) is 30.0 Å². The van der Waals surface area contributed by atoms with Gasteiger partial charge in [0.05, 0.1) is 6.42 Å². The molecule has 1 saturated heterocycles. The smallest absolute Gasteiger partial charge is 0.304 e. The quantitative estimate of drug-likeness (QED) is 0.925. The molecule has 2 aliphatic heterocycles. The van der Waals surface area contributed by atoms with Crippen LogP contribution in [0, 0.1) is 6.92 Å². The van der Waals surface area contributed by atoms with Crippen LogP contribution in [-0.4, -0.2) is 41.2 Å². The number of carboxylic acids is 1. The number of rotatable bonds is 4. The van der Waals surface area contributed by atoms with Crippen LogP contribution in [0.25, 0.3) is 0 Å². The van der Waals surface area contributed by atoms with Crippen LogP contribution >= 0.6 is 0 Å². The minimum absolute atomic E-state index is 0.163. The predicted molar refractivity (Wildman–Crippen MR) is 80.8 cm³/mol. The molecule has 0 saturated carbocycles. The van der Waals surface area contributed by atoms with Crippen LogP contribution in [0.15, 0.2) is 18.2 Å². The standard InChI is InChI=1S/C17H23NO3/c1-12-5-6-16-13(8-12)9-15(21-16)11-18-7-3-2-4-14(18)10-17(19)20/h5-6,8,14-15H,2-4,7,9-11H2,1H3,(H,19,20). The third-order valence-electron chi connectivity index (χ3n) is 4.55. The first-order valence-electron chi connectivity index (χ1n) is 7.84.